The van der Waals surface area contributed by atoms with Crippen LogP contribution in [0.15, 0.2) is 58.1 Å². The van der Waals surface area contributed by atoms with E-state index < -0.39 is 19.2 Å². The first-order valence-electron chi connectivity index (χ1n) is 9.22. The Morgan fingerprint density at radius 2 is 2.00 bits per heavy atom. The van der Waals surface area contributed by atoms with Gasteiger partial charge < -0.3 is 9.79 Å². The molecule has 1 heterocycles. The minimum atomic E-state index is -4.59. The molecular formula is C20H21BrFN2O5P. The van der Waals surface area contributed by atoms with Crippen LogP contribution >= 0.6 is 23.8 Å². The summed E-state index contributed by atoms with van der Waals surface area (Å²) in [7, 11) is -4.59. The van der Waals surface area contributed by atoms with E-state index in [1.54, 1.807) is 12.1 Å². The number of nitrogens with zero attached hydrogens (tertiary/aromatic N) is 2. The fraction of sp³-hybridized carbons (Fsp3) is 0.300. The van der Waals surface area contributed by atoms with Crippen LogP contribution in [0.4, 0.5) is 4.39 Å². The van der Waals surface area contributed by atoms with Gasteiger partial charge in [-0.2, -0.15) is 5.10 Å². The SMILES string of the molecule is CC(=O)N1N=C(c2cc(Br)ccc2F)C[C@]1(CCCOP(=O)(O)O)c1ccccc1. The van der Waals surface area contributed by atoms with Gasteiger partial charge in [0.2, 0.25) is 5.91 Å². The number of hydrogen-bond donors (Lipinski definition) is 2. The van der Waals surface area contributed by atoms with Crippen molar-refractivity contribution in [2.45, 2.75) is 31.7 Å². The third-order valence-electron chi connectivity index (χ3n) is 4.93. The first-order chi connectivity index (χ1) is 14.1. The second-order valence-corrected chi connectivity index (χ2v) is 9.16. The second-order valence-electron chi connectivity index (χ2n) is 7.00. The summed E-state index contributed by atoms with van der Waals surface area (Å²) in [5, 5.41) is 5.81. The van der Waals surface area contributed by atoms with E-state index >= 15 is 0 Å². The quantitative estimate of drug-likeness (QED) is 0.437. The molecule has 2 aromatic rings. The Kier molecular flexibility index (Phi) is 6.89. The van der Waals surface area contributed by atoms with Crippen molar-refractivity contribution in [2.24, 2.45) is 5.10 Å². The van der Waals surface area contributed by atoms with Crippen molar-refractivity contribution < 1.29 is 28.1 Å². The molecule has 0 radical (unpaired) electrons. The summed E-state index contributed by atoms with van der Waals surface area (Å²) in [6.45, 7) is 1.19. The third kappa shape index (κ3) is 5.04. The molecule has 3 rings (SSSR count). The average Bonchev–Trinajstić information content (AvgIpc) is 3.08. The van der Waals surface area contributed by atoms with Crippen LogP contribution in [-0.4, -0.2) is 33.0 Å². The van der Waals surface area contributed by atoms with Crippen molar-refractivity contribution in [1.82, 2.24) is 5.01 Å². The zero-order valence-corrected chi connectivity index (χ0v) is 18.6. The fourth-order valence-electron chi connectivity index (χ4n) is 3.70. The highest BCUT2D eigenvalue weighted by Crippen LogP contribution is 2.44. The van der Waals surface area contributed by atoms with Gasteiger partial charge in [-0.15, -0.1) is 0 Å². The van der Waals surface area contributed by atoms with E-state index in [1.165, 1.54) is 18.0 Å². The molecule has 10 heteroatoms. The van der Waals surface area contributed by atoms with Crippen LogP contribution in [0.25, 0.3) is 0 Å². The number of hydrazone groups is 1. The summed E-state index contributed by atoms with van der Waals surface area (Å²) in [5.41, 5.74) is 0.587. The van der Waals surface area contributed by atoms with Crippen LogP contribution in [0.5, 0.6) is 0 Å². The molecule has 2 N–H and O–H groups in total. The standard InChI is InChI=1S/C20H21BrFN2O5P/c1-14(25)24-20(15-6-3-2-4-7-15,10-5-11-29-30(26,27)28)13-19(23-24)17-12-16(21)8-9-18(17)22/h2-4,6-9,12H,5,10-11,13H2,1H3,(H2,26,27,28)/t20-/m1/s1. The maximum atomic E-state index is 14.5. The molecule has 160 valence electrons. The van der Waals surface area contributed by atoms with Gasteiger partial charge in [-0.3, -0.25) is 9.32 Å². The minimum Gasteiger partial charge on any atom is -0.303 e. The molecule has 0 unspecified atom stereocenters. The number of benzene rings is 2. The molecule has 0 bridgehead atoms. The van der Waals surface area contributed by atoms with E-state index in [0.29, 0.717) is 22.2 Å². The molecule has 0 spiro atoms. The number of phosphoric ester groups is 1. The molecular weight excluding hydrogens is 478 g/mol. The normalized spacial score (nSPS) is 19.1. The molecule has 2 aromatic carbocycles. The molecule has 0 aliphatic carbocycles. The highest BCUT2D eigenvalue weighted by molar-refractivity contribution is 9.10. The Balaban J connectivity index is 1.99. The molecule has 0 fully saturated rings. The maximum absolute atomic E-state index is 14.5. The molecule has 1 aliphatic heterocycles. The topological polar surface area (TPSA) is 99.4 Å². The predicted molar refractivity (Wildman–Crippen MR) is 113 cm³/mol. The number of carbonyl (C=O) groups excluding carboxylic acids is 1. The average molecular weight is 499 g/mol. The summed E-state index contributed by atoms with van der Waals surface area (Å²) in [4.78, 5) is 30.4. The number of halogens is 2. The lowest BCUT2D eigenvalue weighted by molar-refractivity contribution is -0.135. The largest absolute Gasteiger partial charge is 0.469 e. The Labute approximate surface area is 181 Å². The van der Waals surface area contributed by atoms with Crippen molar-refractivity contribution in [3.05, 3.63) is 69.9 Å². The van der Waals surface area contributed by atoms with Crippen LogP contribution in [0.2, 0.25) is 0 Å². The molecule has 0 saturated carbocycles. The second kappa shape index (κ2) is 9.08. The first kappa shape index (κ1) is 22.8. The van der Waals surface area contributed by atoms with Gasteiger partial charge >= 0.3 is 7.82 Å². The van der Waals surface area contributed by atoms with E-state index in [9.17, 15) is 13.8 Å². The van der Waals surface area contributed by atoms with Gasteiger partial charge in [0, 0.05) is 23.4 Å². The lowest BCUT2D eigenvalue weighted by Crippen LogP contribution is -2.43. The molecule has 0 saturated heterocycles. The molecule has 1 atom stereocenters. The number of amides is 1. The van der Waals surface area contributed by atoms with Gasteiger partial charge in [-0.1, -0.05) is 46.3 Å². The summed E-state index contributed by atoms with van der Waals surface area (Å²) in [6, 6.07) is 13.8. The summed E-state index contributed by atoms with van der Waals surface area (Å²) >= 11 is 3.34. The van der Waals surface area contributed by atoms with E-state index in [-0.39, 0.29) is 25.4 Å². The van der Waals surface area contributed by atoms with Crippen LogP contribution in [0.3, 0.4) is 0 Å². The van der Waals surface area contributed by atoms with E-state index in [1.807, 2.05) is 30.3 Å². The lowest BCUT2D eigenvalue weighted by atomic mass is 9.80. The maximum Gasteiger partial charge on any atom is 0.469 e. The number of hydrogen-bond acceptors (Lipinski definition) is 4. The smallest absolute Gasteiger partial charge is 0.303 e. The fourth-order valence-corrected chi connectivity index (χ4v) is 4.43. The van der Waals surface area contributed by atoms with Crippen LogP contribution in [0, 0.1) is 5.82 Å². The molecule has 0 aromatic heterocycles. The minimum absolute atomic E-state index is 0.189. The van der Waals surface area contributed by atoms with Gasteiger partial charge in [0.1, 0.15) is 5.82 Å². The number of phosphoric acid groups is 1. The molecule has 7 nitrogen and oxygen atoms in total. The monoisotopic (exact) mass is 498 g/mol. The Hall–Kier alpha value is -1.90. The van der Waals surface area contributed by atoms with Crippen LogP contribution < -0.4 is 0 Å². The van der Waals surface area contributed by atoms with E-state index in [2.05, 4.69) is 25.6 Å². The predicted octanol–water partition coefficient (Wildman–Crippen LogP) is 4.33. The molecule has 1 amide bonds. The Morgan fingerprint density at radius 1 is 1.30 bits per heavy atom. The lowest BCUT2D eigenvalue weighted by Gasteiger charge is -2.36. The third-order valence-corrected chi connectivity index (χ3v) is 5.94. The van der Waals surface area contributed by atoms with Crippen molar-refractivity contribution in [1.29, 1.82) is 0 Å². The first-order valence-corrected chi connectivity index (χ1v) is 11.5. The Bertz CT molecular complexity index is 1010. The summed E-state index contributed by atoms with van der Waals surface area (Å²) < 4.78 is 30.8. The van der Waals surface area contributed by atoms with Crippen molar-refractivity contribution in [3.63, 3.8) is 0 Å². The van der Waals surface area contributed by atoms with Gasteiger partial charge in [-0.25, -0.2) is 14.0 Å². The van der Waals surface area contributed by atoms with E-state index in [0.717, 1.165) is 5.56 Å². The van der Waals surface area contributed by atoms with E-state index in [4.69, 9.17) is 9.79 Å². The zero-order chi connectivity index (χ0) is 21.9. The summed E-state index contributed by atoms with van der Waals surface area (Å²) in [6.07, 6.45) is 0.826. The van der Waals surface area contributed by atoms with Gasteiger partial charge in [0.15, 0.2) is 0 Å². The summed E-state index contributed by atoms with van der Waals surface area (Å²) in [5.74, 6) is -0.769. The Morgan fingerprint density at radius 3 is 2.63 bits per heavy atom. The van der Waals surface area contributed by atoms with Crippen molar-refractivity contribution >= 4 is 35.4 Å². The molecule has 1 aliphatic rings. The number of rotatable bonds is 7. The van der Waals surface area contributed by atoms with Gasteiger partial charge in [0.05, 0.1) is 17.9 Å². The highest BCUT2D eigenvalue weighted by Gasteiger charge is 2.46. The highest BCUT2D eigenvalue weighted by atomic mass is 79.9. The molecule has 30 heavy (non-hydrogen) atoms. The van der Waals surface area contributed by atoms with Gasteiger partial charge in [-0.05, 0) is 36.6 Å². The van der Waals surface area contributed by atoms with Crippen molar-refractivity contribution in [3.8, 4) is 0 Å². The van der Waals surface area contributed by atoms with Crippen molar-refractivity contribution in [2.75, 3.05) is 6.61 Å². The zero-order valence-electron chi connectivity index (χ0n) is 16.2. The number of carbonyl (C=O) groups is 1. The van der Waals surface area contributed by atoms with Crippen LogP contribution in [0.1, 0.15) is 37.3 Å². The van der Waals surface area contributed by atoms with Crippen LogP contribution in [-0.2, 0) is 19.4 Å². The van der Waals surface area contributed by atoms with Gasteiger partial charge in [0.25, 0.3) is 0 Å².